The van der Waals surface area contributed by atoms with Gasteiger partial charge in [0.1, 0.15) is 0 Å². The van der Waals surface area contributed by atoms with Crippen molar-refractivity contribution < 1.29 is 19.1 Å². The Balaban J connectivity index is 2.43. The maximum absolute atomic E-state index is 11.6. The molecule has 0 spiro atoms. The van der Waals surface area contributed by atoms with Gasteiger partial charge in [0.25, 0.3) is 11.8 Å². The molecule has 0 saturated carbocycles. The summed E-state index contributed by atoms with van der Waals surface area (Å²) in [5, 5.41) is 0.503. The van der Waals surface area contributed by atoms with Gasteiger partial charge in [0.15, 0.2) is 0 Å². The molecule has 0 fully saturated rings. The van der Waals surface area contributed by atoms with Crippen molar-refractivity contribution >= 4 is 29.4 Å². The highest BCUT2D eigenvalue weighted by molar-refractivity contribution is 6.30. The van der Waals surface area contributed by atoms with E-state index in [2.05, 4.69) is 15.6 Å². The van der Waals surface area contributed by atoms with E-state index in [1.165, 1.54) is 12.1 Å². The molecular weight excluding hydrogens is 284 g/mol. The molecule has 1 aromatic carbocycles. The number of amides is 2. The Morgan fingerprint density at radius 2 is 1.80 bits per heavy atom. The first-order valence-corrected chi connectivity index (χ1v) is 6.11. The fourth-order valence-electron chi connectivity index (χ4n) is 1.17. The van der Waals surface area contributed by atoms with E-state index in [0.29, 0.717) is 10.6 Å². The van der Waals surface area contributed by atoms with Crippen molar-refractivity contribution in [2.24, 2.45) is 0 Å². The molecule has 1 rings (SSSR count). The third kappa shape index (κ3) is 5.53. The van der Waals surface area contributed by atoms with Crippen molar-refractivity contribution in [3.05, 3.63) is 47.0 Å². The van der Waals surface area contributed by atoms with Gasteiger partial charge in [-0.1, -0.05) is 11.6 Å². The van der Waals surface area contributed by atoms with Crippen LogP contribution in [-0.2, 0) is 14.3 Å². The van der Waals surface area contributed by atoms with Crippen LogP contribution in [0.25, 0.3) is 0 Å². The summed E-state index contributed by atoms with van der Waals surface area (Å²) in [6.45, 7) is 1.87. The van der Waals surface area contributed by atoms with E-state index in [1.54, 1.807) is 19.1 Å². The summed E-state index contributed by atoms with van der Waals surface area (Å²) in [6, 6.07) is 6.13. The summed E-state index contributed by atoms with van der Waals surface area (Å²) in [6.07, 6.45) is 1.92. The second-order valence-corrected chi connectivity index (χ2v) is 3.97. The van der Waals surface area contributed by atoms with Gasteiger partial charge in [-0.25, -0.2) is 4.79 Å². The molecule has 0 aliphatic heterocycles. The Morgan fingerprint density at radius 1 is 1.15 bits per heavy atom. The average Bonchev–Trinajstić information content (AvgIpc) is 2.43. The van der Waals surface area contributed by atoms with Crippen molar-refractivity contribution in [1.29, 1.82) is 0 Å². The molecule has 0 bridgehead atoms. The van der Waals surface area contributed by atoms with E-state index in [1.807, 2.05) is 0 Å². The third-order valence-corrected chi connectivity index (χ3v) is 2.32. The van der Waals surface area contributed by atoms with E-state index in [9.17, 15) is 14.4 Å². The molecule has 20 heavy (non-hydrogen) atoms. The molecule has 0 radical (unpaired) electrons. The monoisotopic (exact) mass is 296 g/mol. The van der Waals surface area contributed by atoms with Crippen molar-refractivity contribution in [3.8, 4) is 0 Å². The van der Waals surface area contributed by atoms with Gasteiger partial charge >= 0.3 is 5.97 Å². The molecule has 106 valence electrons. The van der Waals surface area contributed by atoms with Crippen LogP contribution in [0.3, 0.4) is 0 Å². The van der Waals surface area contributed by atoms with Crippen LogP contribution in [0.2, 0.25) is 5.02 Å². The number of hydrazine groups is 1. The van der Waals surface area contributed by atoms with Gasteiger partial charge in [-0.3, -0.25) is 20.4 Å². The second-order valence-electron chi connectivity index (χ2n) is 3.54. The van der Waals surface area contributed by atoms with Crippen molar-refractivity contribution in [1.82, 2.24) is 10.9 Å². The van der Waals surface area contributed by atoms with E-state index in [-0.39, 0.29) is 6.61 Å². The van der Waals surface area contributed by atoms with E-state index >= 15 is 0 Å². The molecule has 0 saturated heterocycles. The number of carbonyl (C=O) groups excluding carboxylic acids is 3. The molecular formula is C13H13ClN2O4. The van der Waals surface area contributed by atoms with Gasteiger partial charge < -0.3 is 4.74 Å². The number of rotatable bonds is 4. The zero-order valence-electron chi connectivity index (χ0n) is 10.7. The predicted molar refractivity (Wildman–Crippen MR) is 72.8 cm³/mol. The normalized spacial score (nSPS) is 10.1. The van der Waals surface area contributed by atoms with E-state index in [4.69, 9.17) is 11.6 Å². The maximum Gasteiger partial charge on any atom is 0.330 e. The number of hydrogen-bond acceptors (Lipinski definition) is 4. The summed E-state index contributed by atoms with van der Waals surface area (Å²) in [5.41, 5.74) is 4.65. The topological polar surface area (TPSA) is 84.5 Å². The van der Waals surface area contributed by atoms with Gasteiger partial charge in [0.2, 0.25) is 0 Å². The lowest BCUT2D eigenvalue weighted by atomic mass is 10.2. The summed E-state index contributed by atoms with van der Waals surface area (Å²) < 4.78 is 4.59. The summed E-state index contributed by atoms with van der Waals surface area (Å²) >= 11 is 5.69. The van der Waals surface area contributed by atoms with E-state index in [0.717, 1.165) is 12.2 Å². The van der Waals surface area contributed by atoms with Gasteiger partial charge in [-0.05, 0) is 31.2 Å². The molecule has 1 aromatic rings. The first kappa shape index (κ1) is 15.7. The quantitative estimate of drug-likeness (QED) is 0.497. The standard InChI is InChI=1S/C13H13ClN2O4/c1-2-20-12(18)8-7-11(17)15-16-13(19)9-3-5-10(14)6-4-9/h3-8H,2H2,1H3,(H,15,17)(H,16,19). The number of benzene rings is 1. The van der Waals surface area contributed by atoms with E-state index < -0.39 is 17.8 Å². The molecule has 0 aromatic heterocycles. The molecule has 0 heterocycles. The Morgan fingerprint density at radius 3 is 2.40 bits per heavy atom. The highest BCUT2D eigenvalue weighted by atomic mass is 35.5. The zero-order valence-corrected chi connectivity index (χ0v) is 11.4. The number of carbonyl (C=O) groups is 3. The molecule has 0 atom stereocenters. The highest BCUT2D eigenvalue weighted by Crippen LogP contribution is 2.08. The van der Waals surface area contributed by atoms with Crippen LogP contribution in [0, 0.1) is 0 Å². The number of hydrogen-bond donors (Lipinski definition) is 2. The SMILES string of the molecule is CCOC(=O)C=CC(=O)NNC(=O)c1ccc(Cl)cc1. The van der Waals surface area contributed by atoms with Crippen LogP contribution in [-0.4, -0.2) is 24.4 Å². The number of esters is 1. The zero-order chi connectivity index (χ0) is 15.0. The first-order chi connectivity index (χ1) is 9.52. The van der Waals surface area contributed by atoms with Crippen LogP contribution in [0.1, 0.15) is 17.3 Å². The van der Waals surface area contributed by atoms with Gasteiger partial charge in [0.05, 0.1) is 6.61 Å². The Labute approximate surface area is 120 Å². The fraction of sp³-hybridized carbons (Fsp3) is 0.154. The number of halogens is 1. The van der Waals surface area contributed by atoms with Crippen LogP contribution in [0.15, 0.2) is 36.4 Å². The Hall–Kier alpha value is -2.34. The first-order valence-electron chi connectivity index (χ1n) is 5.73. The minimum Gasteiger partial charge on any atom is -0.463 e. The Bertz CT molecular complexity index is 526. The molecule has 7 heteroatoms. The third-order valence-electron chi connectivity index (χ3n) is 2.06. The lowest BCUT2D eigenvalue weighted by Gasteiger charge is -2.05. The van der Waals surface area contributed by atoms with Crippen molar-refractivity contribution in [3.63, 3.8) is 0 Å². The van der Waals surface area contributed by atoms with Crippen LogP contribution >= 0.6 is 11.6 Å². The molecule has 2 amide bonds. The average molecular weight is 297 g/mol. The molecule has 0 unspecified atom stereocenters. The molecule has 6 nitrogen and oxygen atoms in total. The predicted octanol–water partition coefficient (Wildman–Crippen LogP) is 1.22. The van der Waals surface area contributed by atoms with Gasteiger partial charge in [-0.2, -0.15) is 0 Å². The summed E-state index contributed by atoms with van der Waals surface area (Å²) in [7, 11) is 0. The minimum absolute atomic E-state index is 0.220. The molecule has 0 aliphatic carbocycles. The number of ether oxygens (including phenoxy) is 1. The van der Waals surface area contributed by atoms with Crippen LogP contribution < -0.4 is 10.9 Å². The smallest absolute Gasteiger partial charge is 0.330 e. The molecule has 2 N–H and O–H groups in total. The minimum atomic E-state index is -0.652. The lowest BCUT2D eigenvalue weighted by molar-refractivity contribution is -0.137. The second kappa shape index (κ2) is 7.96. The Kier molecular flexibility index (Phi) is 6.25. The van der Waals surface area contributed by atoms with Crippen molar-refractivity contribution in [2.45, 2.75) is 6.92 Å². The highest BCUT2D eigenvalue weighted by Gasteiger charge is 2.05. The van der Waals surface area contributed by atoms with Crippen LogP contribution in [0.4, 0.5) is 0 Å². The fourth-order valence-corrected chi connectivity index (χ4v) is 1.29. The van der Waals surface area contributed by atoms with Crippen LogP contribution in [0.5, 0.6) is 0 Å². The van der Waals surface area contributed by atoms with Gasteiger partial charge in [0, 0.05) is 22.7 Å². The largest absolute Gasteiger partial charge is 0.463 e. The molecule has 0 aliphatic rings. The number of nitrogens with one attached hydrogen (secondary N) is 2. The van der Waals surface area contributed by atoms with Crippen molar-refractivity contribution in [2.75, 3.05) is 6.61 Å². The maximum atomic E-state index is 11.6. The summed E-state index contributed by atoms with van der Waals surface area (Å²) in [5.74, 6) is -1.79. The van der Waals surface area contributed by atoms with Gasteiger partial charge in [-0.15, -0.1) is 0 Å². The lowest BCUT2D eigenvalue weighted by Crippen LogP contribution is -2.40. The summed E-state index contributed by atoms with van der Waals surface area (Å²) in [4.78, 5) is 33.9.